The van der Waals surface area contributed by atoms with Crippen molar-refractivity contribution in [3.8, 4) is 11.5 Å². The van der Waals surface area contributed by atoms with Crippen molar-refractivity contribution in [1.82, 2.24) is 0 Å². The zero-order valence-electron chi connectivity index (χ0n) is 11.3. The van der Waals surface area contributed by atoms with Gasteiger partial charge in [-0.25, -0.2) is 0 Å². The van der Waals surface area contributed by atoms with Crippen LogP contribution in [-0.4, -0.2) is 5.91 Å². The van der Waals surface area contributed by atoms with Crippen LogP contribution >= 0.6 is 0 Å². The molecule has 0 bridgehead atoms. The summed E-state index contributed by atoms with van der Waals surface area (Å²) in [6.45, 7) is 0. The Bertz CT molecular complexity index is 649. The van der Waals surface area contributed by atoms with Crippen LogP contribution in [0.15, 0.2) is 42.5 Å². The summed E-state index contributed by atoms with van der Waals surface area (Å²) in [4.78, 5) is 11.4. The molecular formula is C17H17NO2. The Hall–Kier alpha value is -2.29. The molecule has 0 heterocycles. The molecule has 1 aliphatic carbocycles. The lowest BCUT2D eigenvalue weighted by Crippen LogP contribution is -2.12. The second-order valence-corrected chi connectivity index (χ2v) is 5.10. The fraction of sp³-hybridized carbons (Fsp3) is 0.235. The first kappa shape index (κ1) is 12.7. The molecule has 0 fully saturated rings. The molecule has 3 rings (SSSR count). The summed E-state index contributed by atoms with van der Waals surface area (Å²) in [5.74, 6) is 0.800. The van der Waals surface area contributed by atoms with E-state index in [-0.39, 0.29) is 0 Å². The van der Waals surface area contributed by atoms with E-state index in [1.807, 2.05) is 12.1 Å². The minimum absolute atomic E-state index is 0.408. The number of para-hydroxylation sites is 1. The Labute approximate surface area is 118 Å². The molecule has 1 amide bonds. The van der Waals surface area contributed by atoms with Crippen molar-refractivity contribution < 1.29 is 9.53 Å². The second-order valence-electron chi connectivity index (χ2n) is 5.10. The van der Waals surface area contributed by atoms with Gasteiger partial charge in [-0.15, -0.1) is 0 Å². The van der Waals surface area contributed by atoms with Crippen LogP contribution in [0, 0.1) is 0 Å². The van der Waals surface area contributed by atoms with Crippen molar-refractivity contribution >= 4 is 5.91 Å². The van der Waals surface area contributed by atoms with Crippen LogP contribution in [0.1, 0.15) is 34.3 Å². The third-order valence-electron chi connectivity index (χ3n) is 3.70. The van der Waals surface area contributed by atoms with Gasteiger partial charge in [0.15, 0.2) is 0 Å². The van der Waals surface area contributed by atoms with Crippen molar-refractivity contribution in [2.75, 3.05) is 0 Å². The SMILES string of the molecule is NC(=O)c1ccccc1Oc1ccc2c(c1)CCCC2. The van der Waals surface area contributed by atoms with E-state index >= 15 is 0 Å². The molecule has 0 aliphatic heterocycles. The molecule has 2 aromatic rings. The normalized spacial score (nSPS) is 13.6. The summed E-state index contributed by atoms with van der Waals surface area (Å²) in [5.41, 5.74) is 8.53. The number of fused-ring (bicyclic) bond motifs is 1. The number of hydrogen-bond donors (Lipinski definition) is 1. The fourth-order valence-corrected chi connectivity index (χ4v) is 2.66. The standard InChI is InChI=1S/C17H17NO2/c18-17(19)15-7-3-4-8-16(15)20-14-10-9-12-5-1-2-6-13(12)11-14/h3-4,7-11H,1-2,5-6H2,(H2,18,19). The molecule has 0 spiro atoms. The Kier molecular flexibility index (Phi) is 3.42. The van der Waals surface area contributed by atoms with Gasteiger partial charge in [0.1, 0.15) is 11.5 Å². The summed E-state index contributed by atoms with van der Waals surface area (Å²) in [6.07, 6.45) is 4.74. The number of rotatable bonds is 3. The van der Waals surface area contributed by atoms with Gasteiger partial charge in [-0.05, 0) is 61.1 Å². The number of benzene rings is 2. The maximum absolute atomic E-state index is 11.4. The zero-order chi connectivity index (χ0) is 13.9. The first-order valence-electron chi connectivity index (χ1n) is 6.92. The number of carbonyl (C=O) groups is 1. The highest BCUT2D eigenvalue weighted by Crippen LogP contribution is 2.29. The third-order valence-corrected chi connectivity index (χ3v) is 3.70. The highest BCUT2D eigenvalue weighted by atomic mass is 16.5. The van der Waals surface area contributed by atoms with Crippen LogP contribution in [-0.2, 0) is 12.8 Å². The molecule has 2 aromatic carbocycles. The first-order valence-corrected chi connectivity index (χ1v) is 6.92. The summed E-state index contributed by atoms with van der Waals surface area (Å²) >= 11 is 0. The van der Waals surface area contributed by atoms with E-state index in [0.717, 1.165) is 18.6 Å². The van der Waals surface area contributed by atoms with Crippen molar-refractivity contribution in [2.45, 2.75) is 25.7 Å². The van der Waals surface area contributed by atoms with Crippen LogP contribution in [0.25, 0.3) is 0 Å². The van der Waals surface area contributed by atoms with Crippen molar-refractivity contribution in [3.63, 3.8) is 0 Å². The van der Waals surface area contributed by atoms with Gasteiger partial charge in [0, 0.05) is 0 Å². The fourth-order valence-electron chi connectivity index (χ4n) is 2.66. The molecule has 0 aromatic heterocycles. The van der Waals surface area contributed by atoms with Crippen LogP contribution in [0.2, 0.25) is 0 Å². The van der Waals surface area contributed by atoms with Crippen LogP contribution in [0.4, 0.5) is 0 Å². The predicted molar refractivity (Wildman–Crippen MR) is 78.1 cm³/mol. The van der Waals surface area contributed by atoms with E-state index in [1.165, 1.54) is 24.0 Å². The van der Waals surface area contributed by atoms with Crippen molar-refractivity contribution in [3.05, 3.63) is 59.2 Å². The van der Waals surface area contributed by atoms with Crippen LogP contribution < -0.4 is 10.5 Å². The quantitative estimate of drug-likeness (QED) is 0.926. The van der Waals surface area contributed by atoms with E-state index in [4.69, 9.17) is 10.5 Å². The van der Waals surface area contributed by atoms with Gasteiger partial charge in [0.2, 0.25) is 0 Å². The average molecular weight is 267 g/mol. The number of amides is 1. The van der Waals surface area contributed by atoms with Gasteiger partial charge >= 0.3 is 0 Å². The average Bonchev–Trinajstić information content (AvgIpc) is 2.47. The van der Waals surface area contributed by atoms with Crippen molar-refractivity contribution in [1.29, 1.82) is 0 Å². The second kappa shape index (κ2) is 5.37. The Morgan fingerprint density at radius 2 is 1.75 bits per heavy atom. The molecule has 0 saturated carbocycles. The summed E-state index contributed by atoms with van der Waals surface area (Å²) < 4.78 is 5.84. The third kappa shape index (κ3) is 2.52. The van der Waals surface area contributed by atoms with Gasteiger partial charge in [-0.1, -0.05) is 18.2 Å². The monoisotopic (exact) mass is 267 g/mol. The Balaban J connectivity index is 1.90. The lowest BCUT2D eigenvalue weighted by molar-refractivity contribution is 0.0998. The molecule has 3 heteroatoms. The maximum Gasteiger partial charge on any atom is 0.252 e. The number of primary amides is 1. The summed E-state index contributed by atoms with van der Waals surface area (Å²) in [6, 6.07) is 13.2. The largest absolute Gasteiger partial charge is 0.457 e. The predicted octanol–water partition coefficient (Wildman–Crippen LogP) is 3.46. The van der Waals surface area contributed by atoms with Gasteiger partial charge in [0.25, 0.3) is 5.91 Å². The molecule has 102 valence electrons. The summed E-state index contributed by atoms with van der Waals surface area (Å²) in [5, 5.41) is 0. The zero-order valence-corrected chi connectivity index (χ0v) is 11.3. The topological polar surface area (TPSA) is 52.3 Å². The number of hydrogen-bond acceptors (Lipinski definition) is 2. The first-order chi connectivity index (χ1) is 9.74. The maximum atomic E-state index is 11.4. The van der Waals surface area contributed by atoms with Gasteiger partial charge in [-0.2, -0.15) is 0 Å². The lowest BCUT2D eigenvalue weighted by Gasteiger charge is -2.17. The minimum Gasteiger partial charge on any atom is -0.457 e. The smallest absolute Gasteiger partial charge is 0.252 e. The number of nitrogens with two attached hydrogens (primary N) is 1. The van der Waals surface area contributed by atoms with E-state index in [1.54, 1.807) is 18.2 Å². The molecule has 0 unspecified atom stereocenters. The van der Waals surface area contributed by atoms with Crippen LogP contribution in [0.3, 0.4) is 0 Å². The highest BCUT2D eigenvalue weighted by Gasteiger charge is 2.12. The number of aryl methyl sites for hydroxylation is 2. The minimum atomic E-state index is -0.474. The highest BCUT2D eigenvalue weighted by molar-refractivity contribution is 5.95. The molecule has 1 aliphatic rings. The summed E-state index contributed by atoms with van der Waals surface area (Å²) in [7, 11) is 0. The molecule has 3 nitrogen and oxygen atoms in total. The number of ether oxygens (including phenoxy) is 1. The molecule has 2 N–H and O–H groups in total. The van der Waals surface area contributed by atoms with Gasteiger partial charge in [-0.3, -0.25) is 4.79 Å². The van der Waals surface area contributed by atoms with Gasteiger partial charge in [0.05, 0.1) is 5.56 Å². The molecule has 0 saturated heterocycles. The van der Waals surface area contributed by atoms with E-state index in [2.05, 4.69) is 12.1 Å². The van der Waals surface area contributed by atoms with E-state index in [9.17, 15) is 4.79 Å². The van der Waals surface area contributed by atoms with Crippen molar-refractivity contribution in [2.24, 2.45) is 5.73 Å². The van der Waals surface area contributed by atoms with Crippen LogP contribution in [0.5, 0.6) is 11.5 Å². The molecule has 20 heavy (non-hydrogen) atoms. The van der Waals surface area contributed by atoms with E-state index in [0.29, 0.717) is 11.3 Å². The van der Waals surface area contributed by atoms with E-state index < -0.39 is 5.91 Å². The molecule has 0 atom stereocenters. The Morgan fingerprint density at radius 3 is 2.55 bits per heavy atom. The lowest BCUT2D eigenvalue weighted by atomic mass is 9.92. The molecule has 0 radical (unpaired) electrons. The molecular weight excluding hydrogens is 250 g/mol. The number of carbonyl (C=O) groups excluding carboxylic acids is 1. The van der Waals surface area contributed by atoms with Gasteiger partial charge < -0.3 is 10.5 Å². The Morgan fingerprint density at radius 1 is 1.00 bits per heavy atom.